The Bertz CT molecular complexity index is 540. The molecule has 0 bridgehead atoms. The summed E-state index contributed by atoms with van der Waals surface area (Å²) in [6.07, 6.45) is 0.904. The first kappa shape index (κ1) is 14.0. The van der Waals surface area contributed by atoms with Gasteiger partial charge in [0.05, 0.1) is 11.7 Å². The van der Waals surface area contributed by atoms with Crippen LogP contribution in [-0.2, 0) is 11.2 Å². The van der Waals surface area contributed by atoms with E-state index in [0.29, 0.717) is 12.8 Å². The van der Waals surface area contributed by atoms with Crippen molar-refractivity contribution in [3.05, 3.63) is 48.0 Å². The SMILES string of the molecule is COC(C)(C)CC(O)Cc1cccc2ccccc12. The number of hydrogen-bond acceptors (Lipinski definition) is 2. The molecule has 19 heavy (non-hydrogen) atoms. The topological polar surface area (TPSA) is 29.5 Å². The average Bonchev–Trinajstić information content (AvgIpc) is 2.38. The van der Waals surface area contributed by atoms with Gasteiger partial charge in [0.2, 0.25) is 0 Å². The molecule has 0 saturated heterocycles. The Morgan fingerprint density at radius 2 is 1.79 bits per heavy atom. The molecule has 0 aliphatic heterocycles. The Balaban J connectivity index is 2.17. The van der Waals surface area contributed by atoms with Gasteiger partial charge in [-0.1, -0.05) is 42.5 Å². The van der Waals surface area contributed by atoms with Crippen molar-refractivity contribution >= 4 is 10.8 Å². The van der Waals surface area contributed by atoms with E-state index in [1.165, 1.54) is 16.3 Å². The number of rotatable bonds is 5. The van der Waals surface area contributed by atoms with E-state index in [4.69, 9.17) is 4.74 Å². The van der Waals surface area contributed by atoms with Crippen LogP contribution in [0.2, 0.25) is 0 Å². The van der Waals surface area contributed by atoms with E-state index in [1.807, 2.05) is 32.0 Å². The normalized spacial score (nSPS) is 13.7. The van der Waals surface area contributed by atoms with Gasteiger partial charge < -0.3 is 9.84 Å². The van der Waals surface area contributed by atoms with E-state index in [0.717, 1.165) is 0 Å². The molecule has 2 rings (SSSR count). The van der Waals surface area contributed by atoms with Gasteiger partial charge in [-0.15, -0.1) is 0 Å². The van der Waals surface area contributed by atoms with Gasteiger partial charge in [0.1, 0.15) is 0 Å². The lowest BCUT2D eigenvalue weighted by molar-refractivity contribution is -0.0190. The molecular weight excluding hydrogens is 236 g/mol. The summed E-state index contributed by atoms with van der Waals surface area (Å²) in [6, 6.07) is 14.5. The largest absolute Gasteiger partial charge is 0.393 e. The molecule has 0 fully saturated rings. The van der Waals surface area contributed by atoms with Crippen molar-refractivity contribution in [3.63, 3.8) is 0 Å². The quantitative estimate of drug-likeness (QED) is 0.888. The van der Waals surface area contributed by atoms with E-state index in [-0.39, 0.29) is 11.7 Å². The molecule has 2 nitrogen and oxygen atoms in total. The fourth-order valence-electron chi connectivity index (χ4n) is 2.45. The number of methoxy groups -OCH3 is 1. The Morgan fingerprint density at radius 1 is 1.11 bits per heavy atom. The molecule has 0 heterocycles. The van der Waals surface area contributed by atoms with Crippen LogP contribution in [-0.4, -0.2) is 23.9 Å². The van der Waals surface area contributed by atoms with Crippen LogP contribution in [0.4, 0.5) is 0 Å². The molecule has 1 unspecified atom stereocenters. The van der Waals surface area contributed by atoms with Gasteiger partial charge in [-0.05, 0) is 36.6 Å². The highest BCUT2D eigenvalue weighted by molar-refractivity contribution is 5.85. The molecule has 0 amide bonds. The predicted octanol–water partition coefficient (Wildman–Crippen LogP) is 3.56. The highest BCUT2D eigenvalue weighted by Gasteiger charge is 2.21. The molecule has 1 atom stereocenters. The summed E-state index contributed by atoms with van der Waals surface area (Å²) in [5.74, 6) is 0. The Morgan fingerprint density at radius 3 is 2.53 bits per heavy atom. The number of fused-ring (bicyclic) bond motifs is 1. The molecule has 0 aromatic heterocycles. The number of benzene rings is 2. The number of aliphatic hydroxyl groups excluding tert-OH is 1. The summed E-state index contributed by atoms with van der Waals surface area (Å²) in [5, 5.41) is 12.7. The van der Waals surface area contributed by atoms with Crippen molar-refractivity contribution in [2.24, 2.45) is 0 Å². The number of hydrogen-bond donors (Lipinski definition) is 1. The second kappa shape index (κ2) is 5.72. The molecule has 0 aliphatic carbocycles. The maximum absolute atomic E-state index is 10.2. The van der Waals surface area contributed by atoms with Crippen LogP contribution in [0.3, 0.4) is 0 Å². The molecule has 2 aromatic rings. The van der Waals surface area contributed by atoms with Crippen LogP contribution in [0.1, 0.15) is 25.8 Å². The van der Waals surface area contributed by atoms with Gasteiger partial charge in [0, 0.05) is 13.5 Å². The van der Waals surface area contributed by atoms with E-state index in [9.17, 15) is 5.11 Å². The summed E-state index contributed by atoms with van der Waals surface area (Å²) < 4.78 is 5.37. The summed E-state index contributed by atoms with van der Waals surface area (Å²) in [5.41, 5.74) is 0.904. The molecule has 102 valence electrons. The average molecular weight is 258 g/mol. The van der Waals surface area contributed by atoms with Gasteiger partial charge >= 0.3 is 0 Å². The predicted molar refractivity (Wildman–Crippen MR) is 79.4 cm³/mol. The van der Waals surface area contributed by atoms with Crippen molar-refractivity contribution < 1.29 is 9.84 Å². The van der Waals surface area contributed by atoms with Crippen LogP contribution >= 0.6 is 0 Å². The summed E-state index contributed by atoms with van der Waals surface area (Å²) in [6.45, 7) is 4.00. The minimum absolute atomic E-state index is 0.288. The first-order chi connectivity index (χ1) is 9.02. The zero-order valence-corrected chi connectivity index (χ0v) is 11.9. The van der Waals surface area contributed by atoms with Crippen molar-refractivity contribution in [3.8, 4) is 0 Å². The lowest BCUT2D eigenvalue weighted by Gasteiger charge is -2.26. The first-order valence-electron chi connectivity index (χ1n) is 6.72. The fourth-order valence-corrected chi connectivity index (χ4v) is 2.45. The van der Waals surface area contributed by atoms with Crippen molar-refractivity contribution in [2.75, 3.05) is 7.11 Å². The number of ether oxygens (including phenoxy) is 1. The maximum atomic E-state index is 10.2. The number of aliphatic hydroxyl groups is 1. The zero-order valence-electron chi connectivity index (χ0n) is 11.9. The molecule has 1 N–H and O–H groups in total. The van der Waals surface area contributed by atoms with Crippen molar-refractivity contribution in [2.45, 2.75) is 38.4 Å². The molecule has 2 heteroatoms. The molecular formula is C17H22O2. The highest BCUT2D eigenvalue weighted by Crippen LogP contribution is 2.23. The fraction of sp³-hybridized carbons (Fsp3) is 0.412. The highest BCUT2D eigenvalue weighted by atomic mass is 16.5. The Kier molecular flexibility index (Phi) is 4.23. The molecule has 0 radical (unpaired) electrons. The summed E-state index contributed by atoms with van der Waals surface area (Å²) in [7, 11) is 1.69. The van der Waals surface area contributed by atoms with Crippen LogP contribution in [0.15, 0.2) is 42.5 Å². The van der Waals surface area contributed by atoms with Crippen LogP contribution < -0.4 is 0 Å². The lowest BCUT2D eigenvalue weighted by atomic mass is 9.94. The Hall–Kier alpha value is -1.38. The third kappa shape index (κ3) is 3.55. The van der Waals surface area contributed by atoms with Crippen LogP contribution in [0, 0.1) is 0 Å². The van der Waals surface area contributed by atoms with Gasteiger partial charge in [0.25, 0.3) is 0 Å². The van der Waals surface area contributed by atoms with E-state index in [2.05, 4.69) is 24.3 Å². The summed E-state index contributed by atoms with van der Waals surface area (Å²) in [4.78, 5) is 0. The van der Waals surface area contributed by atoms with E-state index in [1.54, 1.807) is 7.11 Å². The second-order valence-electron chi connectivity index (χ2n) is 5.66. The Labute approximate surface area is 115 Å². The lowest BCUT2D eigenvalue weighted by Crippen LogP contribution is -2.29. The van der Waals surface area contributed by atoms with Gasteiger partial charge in [-0.3, -0.25) is 0 Å². The standard InChI is InChI=1S/C17H22O2/c1-17(2,19-3)12-15(18)11-14-9-6-8-13-7-4-5-10-16(13)14/h4-10,15,18H,11-12H2,1-3H3. The minimum atomic E-state index is -0.388. The minimum Gasteiger partial charge on any atom is -0.393 e. The zero-order chi connectivity index (χ0) is 13.9. The van der Waals surface area contributed by atoms with E-state index >= 15 is 0 Å². The van der Waals surface area contributed by atoms with Crippen LogP contribution in [0.5, 0.6) is 0 Å². The monoisotopic (exact) mass is 258 g/mol. The third-order valence-electron chi connectivity index (χ3n) is 3.62. The summed E-state index contributed by atoms with van der Waals surface area (Å²) >= 11 is 0. The maximum Gasteiger partial charge on any atom is 0.0647 e. The van der Waals surface area contributed by atoms with Gasteiger partial charge in [-0.2, -0.15) is 0 Å². The second-order valence-corrected chi connectivity index (χ2v) is 5.66. The van der Waals surface area contributed by atoms with Crippen LogP contribution in [0.25, 0.3) is 10.8 Å². The molecule has 2 aromatic carbocycles. The molecule has 0 aliphatic rings. The molecule has 0 saturated carbocycles. The van der Waals surface area contributed by atoms with Gasteiger partial charge in [-0.25, -0.2) is 0 Å². The smallest absolute Gasteiger partial charge is 0.0647 e. The third-order valence-corrected chi connectivity index (χ3v) is 3.62. The van der Waals surface area contributed by atoms with Crippen molar-refractivity contribution in [1.82, 2.24) is 0 Å². The first-order valence-corrected chi connectivity index (χ1v) is 6.72. The van der Waals surface area contributed by atoms with Gasteiger partial charge in [0.15, 0.2) is 0 Å². The van der Waals surface area contributed by atoms with E-state index < -0.39 is 0 Å². The molecule has 0 spiro atoms. The van der Waals surface area contributed by atoms with Crippen molar-refractivity contribution in [1.29, 1.82) is 0 Å².